The van der Waals surface area contributed by atoms with Gasteiger partial charge in [0, 0.05) is 38.8 Å². The molecule has 0 aromatic heterocycles. The number of hydrogen-bond acceptors (Lipinski definition) is 4. The number of piperazine rings is 1. The third kappa shape index (κ3) is 4.13. The third-order valence-electron chi connectivity index (χ3n) is 3.41. The van der Waals surface area contributed by atoms with Crippen LogP contribution in [0.3, 0.4) is 0 Å². The van der Waals surface area contributed by atoms with Crippen molar-refractivity contribution < 1.29 is 18.6 Å². The second-order valence-corrected chi connectivity index (χ2v) is 4.76. The molecule has 20 heavy (non-hydrogen) atoms. The summed E-state index contributed by atoms with van der Waals surface area (Å²) in [6.07, 6.45) is 0. The van der Waals surface area contributed by atoms with Crippen LogP contribution in [0, 0.1) is 11.6 Å². The fourth-order valence-electron chi connectivity index (χ4n) is 2.30. The minimum absolute atomic E-state index is 0.0344. The zero-order valence-electron chi connectivity index (χ0n) is 11.4. The van der Waals surface area contributed by atoms with Gasteiger partial charge >= 0.3 is 0 Å². The summed E-state index contributed by atoms with van der Waals surface area (Å²) < 4.78 is 32.1. The summed E-state index contributed by atoms with van der Waals surface area (Å²) in [5.41, 5.74) is 0.334. The Balaban J connectivity index is 1.80. The molecule has 1 fully saturated rings. The fraction of sp³-hybridized carbons (Fsp3) is 0.571. The molecule has 1 aromatic rings. The molecule has 1 aliphatic rings. The molecule has 0 spiro atoms. The fourth-order valence-corrected chi connectivity index (χ4v) is 2.30. The van der Waals surface area contributed by atoms with E-state index in [9.17, 15) is 8.78 Å². The highest BCUT2D eigenvalue weighted by molar-refractivity contribution is 5.48. The SMILES string of the molecule is OCCOCCN1CCN(c2cc(F)ccc2F)CC1. The lowest BCUT2D eigenvalue weighted by Gasteiger charge is -2.36. The van der Waals surface area contributed by atoms with Crippen molar-refractivity contribution in [1.29, 1.82) is 0 Å². The van der Waals surface area contributed by atoms with E-state index in [0.29, 0.717) is 32.0 Å². The molecular formula is C14H20F2N2O2. The van der Waals surface area contributed by atoms with Crippen LogP contribution in [0.5, 0.6) is 0 Å². The first-order valence-electron chi connectivity index (χ1n) is 6.81. The Morgan fingerprint density at radius 3 is 2.55 bits per heavy atom. The molecule has 0 saturated carbocycles. The van der Waals surface area contributed by atoms with Crippen LogP contribution >= 0.6 is 0 Å². The molecule has 1 aliphatic heterocycles. The minimum atomic E-state index is -0.416. The van der Waals surface area contributed by atoms with E-state index in [2.05, 4.69) is 4.90 Å². The van der Waals surface area contributed by atoms with Crippen LogP contribution in [0.2, 0.25) is 0 Å². The number of ether oxygens (including phenoxy) is 1. The van der Waals surface area contributed by atoms with Crippen LogP contribution in [0.15, 0.2) is 18.2 Å². The summed E-state index contributed by atoms with van der Waals surface area (Å²) in [5, 5.41) is 8.60. The lowest BCUT2D eigenvalue weighted by Crippen LogP contribution is -2.47. The third-order valence-corrected chi connectivity index (χ3v) is 3.41. The Bertz CT molecular complexity index is 424. The highest BCUT2D eigenvalue weighted by Gasteiger charge is 2.19. The number of hydrogen-bond donors (Lipinski definition) is 1. The number of benzene rings is 1. The van der Waals surface area contributed by atoms with Gasteiger partial charge in [0.25, 0.3) is 0 Å². The van der Waals surface area contributed by atoms with E-state index in [1.54, 1.807) is 0 Å². The standard InChI is InChI=1S/C14H20F2N2O2/c15-12-1-2-13(16)14(11-12)18-5-3-17(4-6-18)7-9-20-10-8-19/h1-2,11,19H,3-10H2. The van der Waals surface area contributed by atoms with Crippen LogP contribution < -0.4 is 4.90 Å². The molecule has 0 unspecified atom stereocenters. The van der Waals surface area contributed by atoms with E-state index in [1.165, 1.54) is 12.1 Å². The average Bonchev–Trinajstić information content (AvgIpc) is 2.47. The Morgan fingerprint density at radius 2 is 1.85 bits per heavy atom. The Labute approximate surface area is 117 Å². The maximum atomic E-state index is 13.7. The highest BCUT2D eigenvalue weighted by atomic mass is 19.1. The van der Waals surface area contributed by atoms with E-state index in [1.807, 2.05) is 4.90 Å². The van der Waals surface area contributed by atoms with Gasteiger partial charge in [0.2, 0.25) is 0 Å². The first kappa shape index (κ1) is 15.2. The molecule has 1 aromatic carbocycles. The molecule has 0 aliphatic carbocycles. The van der Waals surface area contributed by atoms with Gasteiger partial charge in [-0.05, 0) is 12.1 Å². The van der Waals surface area contributed by atoms with Crippen molar-refractivity contribution in [2.75, 3.05) is 57.4 Å². The first-order chi connectivity index (χ1) is 9.70. The summed E-state index contributed by atoms with van der Waals surface area (Å²) in [4.78, 5) is 4.08. The largest absolute Gasteiger partial charge is 0.394 e. The Morgan fingerprint density at radius 1 is 1.10 bits per heavy atom. The van der Waals surface area contributed by atoms with Gasteiger partial charge < -0.3 is 14.7 Å². The van der Waals surface area contributed by atoms with Crippen molar-refractivity contribution in [3.63, 3.8) is 0 Å². The first-order valence-corrected chi connectivity index (χ1v) is 6.81. The molecule has 2 rings (SSSR count). The highest BCUT2D eigenvalue weighted by Crippen LogP contribution is 2.21. The van der Waals surface area contributed by atoms with Gasteiger partial charge in [-0.3, -0.25) is 4.90 Å². The predicted octanol–water partition coefficient (Wildman–Crippen LogP) is 1.10. The van der Waals surface area contributed by atoms with E-state index < -0.39 is 5.82 Å². The van der Waals surface area contributed by atoms with Gasteiger partial charge in [0.15, 0.2) is 0 Å². The number of halogens is 2. The molecule has 1 N–H and O–H groups in total. The maximum absolute atomic E-state index is 13.7. The van der Waals surface area contributed by atoms with Crippen molar-refractivity contribution in [1.82, 2.24) is 4.90 Å². The molecule has 0 radical (unpaired) electrons. The lowest BCUT2D eigenvalue weighted by atomic mass is 10.2. The number of nitrogens with zero attached hydrogens (tertiary/aromatic N) is 2. The molecule has 0 amide bonds. The van der Waals surface area contributed by atoms with Crippen molar-refractivity contribution in [3.05, 3.63) is 29.8 Å². The van der Waals surface area contributed by atoms with Crippen molar-refractivity contribution in [3.8, 4) is 0 Å². The Kier molecular flexibility index (Phi) is 5.70. The van der Waals surface area contributed by atoms with Crippen LogP contribution in [-0.4, -0.2) is 62.6 Å². The van der Waals surface area contributed by atoms with E-state index in [0.717, 1.165) is 25.7 Å². The number of rotatable bonds is 6. The normalized spacial score (nSPS) is 16.6. The summed E-state index contributed by atoms with van der Waals surface area (Å²) in [6.45, 7) is 4.67. The lowest BCUT2D eigenvalue weighted by molar-refractivity contribution is 0.0724. The summed E-state index contributed by atoms with van der Waals surface area (Å²) in [6, 6.07) is 3.54. The van der Waals surface area contributed by atoms with Gasteiger partial charge in [0.1, 0.15) is 11.6 Å². The van der Waals surface area contributed by atoms with Crippen LogP contribution in [-0.2, 0) is 4.74 Å². The molecule has 1 heterocycles. The molecule has 6 heteroatoms. The summed E-state index contributed by atoms with van der Waals surface area (Å²) >= 11 is 0. The van der Waals surface area contributed by atoms with Gasteiger partial charge in [-0.2, -0.15) is 0 Å². The van der Waals surface area contributed by atoms with Gasteiger partial charge in [-0.1, -0.05) is 0 Å². The summed E-state index contributed by atoms with van der Waals surface area (Å²) in [7, 11) is 0. The van der Waals surface area contributed by atoms with Gasteiger partial charge in [0.05, 0.1) is 25.5 Å². The van der Waals surface area contributed by atoms with Crippen LogP contribution in [0.1, 0.15) is 0 Å². The average molecular weight is 286 g/mol. The van der Waals surface area contributed by atoms with Crippen molar-refractivity contribution in [2.45, 2.75) is 0 Å². The van der Waals surface area contributed by atoms with Crippen LogP contribution in [0.4, 0.5) is 14.5 Å². The molecule has 1 saturated heterocycles. The molecular weight excluding hydrogens is 266 g/mol. The second-order valence-electron chi connectivity index (χ2n) is 4.76. The van der Waals surface area contributed by atoms with E-state index in [4.69, 9.17) is 9.84 Å². The second kappa shape index (κ2) is 7.52. The predicted molar refractivity (Wildman–Crippen MR) is 72.9 cm³/mol. The zero-order valence-corrected chi connectivity index (χ0v) is 11.4. The molecule has 112 valence electrons. The van der Waals surface area contributed by atoms with Gasteiger partial charge in [-0.15, -0.1) is 0 Å². The number of aliphatic hydroxyl groups is 1. The molecule has 0 atom stereocenters. The monoisotopic (exact) mass is 286 g/mol. The minimum Gasteiger partial charge on any atom is -0.394 e. The molecule has 4 nitrogen and oxygen atoms in total. The topological polar surface area (TPSA) is 35.9 Å². The van der Waals surface area contributed by atoms with Crippen molar-refractivity contribution >= 4 is 5.69 Å². The molecule has 0 bridgehead atoms. The summed E-state index contributed by atoms with van der Waals surface area (Å²) in [5.74, 6) is -0.799. The van der Waals surface area contributed by atoms with Crippen molar-refractivity contribution in [2.24, 2.45) is 0 Å². The van der Waals surface area contributed by atoms with Gasteiger partial charge in [-0.25, -0.2) is 8.78 Å². The zero-order chi connectivity index (χ0) is 14.4. The number of aliphatic hydroxyl groups excluding tert-OH is 1. The maximum Gasteiger partial charge on any atom is 0.146 e. The quantitative estimate of drug-likeness (QED) is 0.794. The van der Waals surface area contributed by atoms with Crippen LogP contribution in [0.25, 0.3) is 0 Å². The van der Waals surface area contributed by atoms with E-state index in [-0.39, 0.29) is 12.4 Å². The smallest absolute Gasteiger partial charge is 0.146 e. The Hall–Kier alpha value is -1.24. The van der Waals surface area contributed by atoms with E-state index >= 15 is 0 Å². The number of anilines is 1.